The minimum absolute atomic E-state index is 0.130. The maximum Gasteiger partial charge on any atom is 0.319 e. The number of anilines is 1. The first-order chi connectivity index (χ1) is 12.3. The summed E-state index contributed by atoms with van der Waals surface area (Å²) >= 11 is 2.01. The van der Waals surface area contributed by atoms with E-state index in [-0.39, 0.29) is 6.03 Å². The molecule has 3 rings (SSSR count). The number of rotatable bonds is 6. The molecule has 0 bridgehead atoms. The summed E-state index contributed by atoms with van der Waals surface area (Å²) in [4.78, 5) is 17.0. The number of hydrogen-bond acceptors (Lipinski definition) is 5. The molecule has 25 heavy (non-hydrogen) atoms. The molecule has 0 unspecified atom stereocenters. The molecule has 7 heteroatoms. The predicted molar refractivity (Wildman–Crippen MR) is 103 cm³/mol. The number of nitrogens with one attached hydrogen (secondary N) is 2. The summed E-state index contributed by atoms with van der Waals surface area (Å²) in [6, 6.07) is 7.96. The zero-order valence-electron chi connectivity index (χ0n) is 14.7. The number of carbonyl (C=O) groups excluding carboxylic acids is 1. The molecule has 2 aliphatic rings. The summed E-state index contributed by atoms with van der Waals surface area (Å²) in [5, 5.41) is 5.97. The first-order valence-electron chi connectivity index (χ1n) is 9.04. The second-order valence-electron chi connectivity index (χ2n) is 6.38. The average Bonchev–Trinajstić information content (AvgIpc) is 2.65. The van der Waals surface area contributed by atoms with E-state index in [2.05, 4.69) is 26.5 Å². The second kappa shape index (κ2) is 10.0. The Bertz CT molecular complexity index is 546. The number of para-hydroxylation sites is 1. The summed E-state index contributed by atoms with van der Waals surface area (Å²) in [7, 11) is 0. The Morgan fingerprint density at radius 2 is 1.84 bits per heavy atom. The van der Waals surface area contributed by atoms with Gasteiger partial charge in [-0.15, -0.1) is 0 Å². The van der Waals surface area contributed by atoms with E-state index in [9.17, 15) is 4.79 Å². The molecular formula is C18H28N4O2S. The van der Waals surface area contributed by atoms with Crippen LogP contribution in [0.3, 0.4) is 0 Å². The van der Waals surface area contributed by atoms with E-state index in [1.54, 1.807) is 0 Å². The van der Waals surface area contributed by atoms with Gasteiger partial charge in [-0.05, 0) is 11.6 Å². The van der Waals surface area contributed by atoms with Crippen LogP contribution >= 0.6 is 11.8 Å². The first kappa shape index (κ1) is 18.5. The molecule has 1 aromatic rings. The van der Waals surface area contributed by atoms with E-state index in [1.165, 1.54) is 17.1 Å². The Kier molecular flexibility index (Phi) is 7.41. The zero-order valence-corrected chi connectivity index (χ0v) is 15.5. The van der Waals surface area contributed by atoms with Crippen LogP contribution in [0.2, 0.25) is 0 Å². The van der Waals surface area contributed by atoms with Gasteiger partial charge in [-0.3, -0.25) is 9.80 Å². The van der Waals surface area contributed by atoms with E-state index in [0.717, 1.165) is 58.2 Å². The van der Waals surface area contributed by atoms with Gasteiger partial charge < -0.3 is 15.4 Å². The third-order valence-electron chi connectivity index (χ3n) is 4.58. The highest BCUT2D eigenvalue weighted by atomic mass is 32.2. The van der Waals surface area contributed by atoms with Crippen molar-refractivity contribution >= 4 is 23.5 Å². The van der Waals surface area contributed by atoms with E-state index < -0.39 is 0 Å². The minimum Gasteiger partial charge on any atom is -0.379 e. The molecule has 2 heterocycles. The molecule has 0 saturated carbocycles. The van der Waals surface area contributed by atoms with Crippen LogP contribution in [0.1, 0.15) is 5.56 Å². The lowest BCUT2D eigenvalue weighted by Gasteiger charge is -2.27. The molecule has 0 atom stereocenters. The number of urea groups is 1. The predicted octanol–water partition coefficient (Wildman–Crippen LogP) is 1.69. The van der Waals surface area contributed by atoms with Gasteiger partial charge in [-0.1, -0.05) is 18.2 Å². The number of benzene rings is 1. The van der Waals surface area contributed by atoms with E-state index in [0.29, 0.717) is 6.54 Å². The van der Waals surface area contributed by atoms with Crippen LogP contribution in [-0.4, -0.2) is 79.8 Å². The van der Waals surface area contributed by atoms with Gasteiger partial charge in [0.05, 0.1) is 13.2 Å². The highest BCUT2D eigenvalue weighted by Gasteiger charge is 2.14. The van der Waals surface area contributed by atoms with Gasteiger partial charge in [-0.25, -0.2) is 4.79 Å². The van der Waals surface area contributed by atoms with Crippen LogP contribution in [0.15, 0.2) is 24.3 Å². The van der Waals surface area contributed by atoms with Crippen LogP contribution in [0.5, 0.6) is 0 Å². The Morgan fingerprint density at radius 1 is 1.08 bits per heavy atom. The molecule has 2 saturated heterocycles. The monoisotopic (exact) mass is 364 g/mol. The van der Waals surface area contributed by atoms with Crippen molar-refractivity contribution in [2.45, 2.75) is 6.54 Å². The van der Waals surface area contributed by atoms with Crippen molar-refractivity contribution < 1.29 is 9.53 Å². The molecule has 2 amide bonds. The van der Waals surface area contributed by atoms with Gasteiger partial charge in [0.25, 0.3) is 0 Å². The van der Waals surface area contributed by atoms with Crippen molar-refractivity contribution in [3.63, 3.8) is 0 Å². The largest absolute Gasteiger partial charge is 0.379 e. The van der Waals surface area contributed by atoms with Crippen molar-refractivity contribution in [2.24, 2.45) is 0 Å². The highest BCUT2D eigenvalue weighted by Crippen LogP contribution is 2.19. The summed E-state index contributed by atoms with van der Waals surface area (Å²) in [6.45, 7) is 8.10. The standard InChI is InChI=1S/C18H28N4O2S/c23-18(19-5-6-21-7-11-24-12-8-21)20-17-4-2-1-3-16(17)15-22-9-13-25-14-10-22/h1-4H,5-15H2,(H2,19,20,23). The van der Waals surface area contributed by atoms with Crippen molar-refractivity contribution in [1.82, 2.24) is 15.1 Å². The van der Waals surface area contributed by atoms with Crippen molar-refractivity contribution in [3.05, 3.63) is 29.8 Å². The number of ether oxygens (including phenoxy) is 1. The van der Waals surface area contributed by atoms with E-state index >= 15 is 0 Å². The van der Waals surface area contributed by atoms with Gasteiger partial charge in [0.2, 0.25) is 0 Å². The van der Waals surface area contributed by atoms with Crippen molar-refractivity contribution in [3.8, 4) is 0 Å². The fraction of sp³-hybridized carbons (Fsp3) is 0.611. The fourth-order valence-corrected chi connectivity index (χ4v) is 4.08. The molecule has 2 N–H and O–H groups in total. The van der Waals surface area contributed by atoms with Gasteiger partial charge in [0.1, 0.15) is 0 Å². The van der Waals surface area contributed by atoms with Gasteiger partial charge in [-0.2, -0.15) is 11.8 Å². The fourth-order valence-electron chi connectivity index (χ4n) is 3.10. The van der Waals surface area contributed by atoms with Gasteiger partial charge in [0.15, 0.2) is 0 Å². The lowest BCUT2D eigenvalue weighted by atomic mass is 10.1. The second-order valence-corrected chi connectivity index (χ2v) is 7.61. The Hall–Kier alpha value is -1.28. The van der Waals surface area contributed by atoms with Crippen LogP contribution in [0.25, 0.3) is 0 Å². The topological polar surface area (TPSA) is 56.8 Å². The smallest absolute Gasteiger partial charge is 0.319 e. The quantitative estimate of drug-likeness (QED) is 0.805. The Morgan fingerprint density at radius 3 is 2.64 bits per heavy atom. The molecule has 0 spiro atoms. The Labute approximate surface area is 154 Å². The maximum absolute atomic E-state index is 12.2. The molecule has 0 aliphatic carbocycles. The molecule has 1 aromatic carbocycles. The SMILES string of the molecule is O=C(NCCN1CCOCC1)Nc1ccccc1CN1CCSCC1. The van der Waals surface area contributed by atoms with E-state index in [1.807, 2.05) is 30.0 Å². The molecular weight excluding hydrogens is 336 g/mol. The lowest BCUT2D eigenvalue weighted by Crippen LogP contribution is -2.42. The molecule has 6 nitrogen and oxygen atoms in total. The lowest BCUT2D eigenvalue weighted by molar-refractivity contribution is 0.0388. The van der Waals surface area contributed by atoms with Gasteiger partial charge in [0, 0.05) is 63.0 Å². The summed E-state index contributed by atoms with van der Waals surface area (Å²) < 4.78 is 5.33. The summed E-state index contributed by atoms with van der Waals surface area (Å²) in [5.74, 6) is 2.38. The minimum atomic E-state index is -0.130. The Balaban J connectivity index is 1.45. The first-order valence-corrected chi connectivity index (χ1v) is 10.2. The number of carbonyl (C=O) groups is 1. The number of morpholine rings is 1. The summed E-state index contributed by atoms with van der Waals surface area (Å²) in [5.41, 5.74) is 2.09. The third kappa shape index (κ3) is 6.18. The summed E-state index contributed by atoms with van der Waals surface area (Å²) in [6.07, 6.45) is 0. The molecule has 2 fully saturated rings. The number of hydrogen-bond donors (Lipinski definition) is 2. The molecule has 2 aliphatic heterocycles. The van der Waals surface area contributed by atoms with Gasteiger partial charge >= 0.3 is 6.03 Å². The zero-order chi connectivity index (χ0) is 17.3. The number of amides is 2. The third-order valence-corrected chi connectivity index (χ3v) is 5.52. The maximum atomic E-state index is 12.2. The molecule has 0 aromatic heterocycles. The van der Waals surface area contributed by atoms with E-state index in [4.69, 9.17) is 4.74 Å². The van der Waals surface area contributed by atoms with Crippen LogP contribution < -0.4 is 10.6 Å². The van der Waals surface area contributed by atoms with Crippen LogP contribution in [-0.2, 0) is 11.3 Å². The van der Waals surface area contributed by atoms with Crippen LogP contribution in [0.4, 0.5) is 10.5 Å². The molecule has 138 valence electrons. The highest BCUT2D eigenvalue weighted by molar-refractivity contribution is 7.99. The van der Waals surface area contributed by atoms with Crippen molar-refractivity contribution in [2.75, 3.05) is 69.3 Å². The normalized spacial score (nSPS) is 19.5. The van der Waals surface area contributed by atoms with Crippen molar-refractivity contribution in [1.29, 1.82) is 0 Å². The number of thioether (sulfide) groups is 1. The number of nitrogens with zero attached hydrogens (tertiary/aromatic N) is 2. The average molecular weight is 365 g/mol. The van der Waals surface area contributed by atoms with Crippen LogP contribution in [0, 0.1) is 0 Å². The molecule has 0 radical (unpaired) electrons.